The van der Waals surface area contributed by atoms with Gasteiger partial charge >= 0.3 is 0 Å². The van der Waals surface area contributed by atoms with E-state index in [4.69, 9.17) is 0 Å². The van der Waals surface area contributed by atoms with E-state index < -0.39 is 0 Å². The van der Waals surface area contributed by atoms with E-state index in [1.807, 2.05) is 30.9 Å². The molecule has 3 aromatic rings. The highest BCUT2D eigenvalue weighted by molar-refractivity contribution is 5.91. The summed E-state index contributed by atoms with van der Waals surface area (Å²) in [6.07, 6.45) is 1.82. The zero-order valence-corrected chi connectivity index (χ0v) is 13.4. The second-order valence-electron chi connectivity index (χ2n) is 6.09. The average molecular weight is 295 g/mol. The molecule has 0 fully saturated rings. The van der Waals surface area contributed by atoms with Crippen LogP contribution < -0.4 is 4.57 Å². The molecular formula is C19H20FN2+. The Labute approximate surface area is 130 Å². The van der Waals surface area contributed by atoms with Gasteiger partial charge in [-0.25, -0.2) is 8.96 Å². The molecule has 0 atom stereocenters. The van der Waals surface area contributed by atoms with Crippen LogP contribution in [0, 0.1) is 12.7 Å². The molecule has 0 amide bonds. The highest BCUT2D eigenvalue weighted by Gasteiger charge is 2.17. The molecule has 22 heavy (non-hydrogen) atoms. The molecule has 1 aromatic heterocycles. The zero-order valence-electron chi connectivity index (χ0n) is 13.4. The Morgan fingerprint density at radius 2 is 1.86 bits per heavy atom. The fourth-order valence-corrected chi connectivity index (χ4v) is 2.84. The van der Waals surface area contributed by atoms with Crippen LogP contribution in [0.25, 0.3) is 22.2 Å². The smallest absolute Gasteiger partial charge is 0.232 e. The Hall–Kier alpha value is -2.29. The molecule has 0 spiro atoms. The molecule has 3 rings (SSSR count). The first kappa shape index (κ1) is 14.6. The lowest BCUT2D eigenvalue weighted by atomic mass is 9.97. The first-order chi connectivity index (χ1) is 10.5. The molecule has 2 nitrogen and oxygen atoms in total. The van der Waals surface area contributed by atoms with Crippen molar-refractivity contribution < 1.29 is 8.96 Å². The second-order valence-corrected chi connectivity index (χ2v) is 6.09. The van der Waals surface area contributed by atoms with Gasteiger partial charge in [-0.1, -0.05) is 19.9 Å². The molecule has 0 saturated carbocycles. The Kier molecular flexibility index (Phi) is 3.65. The van der Waals surface area contributed by atoms with E-state index in [1.54, 1.807) is 6.07 Å². The third kappa shape index (κ3) is 2.47. The predicted molar refractivity (Wildman–Crippen MR) is 87.1 cm³/mol. The SMILES string of the molecule is Cc1cc(F)ccc1-c1c2ccc(C(C)C)cc2nc[n+]1C. The molecule has 0 saturated heterocycles. The van der Waals surface area contributed by atoms with Crippen molar-refractivity contribution in [2.45, 2.75) is 26.7 Å². The van der Waals surface area contributed by atoms with Gasteiger partial charge in [-0.3, -0.25) is 0 Å². The minimum atomic E-state index is -0.204. The monoisotopic (exact) mass is 295 g/mol. The van der Waals surface area contributed by atoms with Crippen LogP contribution in [0.4, 0.5) is 4.39 Å². The molecular weight excluding hydrogens is 275 g/mol. The summed E-state index contributed by atoms with van der Waals surface area (Å²) in [5.74, 6) is 0.264. The number of benzene rings is 2. The van der Waals surface area contributed by atoms with Gasteiger partial charge in [0.15, 0.2) is 5.52 Å². The first-order valence-corrected chi connectivity index (χ1v) is 7.52. The summed E-state index contributed by atoms with van der Waals surface area (Å²) >= 11 is 0. The lowest BCUT2D eigenvalue weighted by molar-refractivity contribution is -0.662. The predicted octanol–water partition coefficient (Wildman–Crippen LogP) is 4.30. The number of aryl methyl sites for hydroxylation is 2. The summed E-state index contributed by atoms with van der Waals surface area (Å²) in [6.45, 7) is 6.29. The molecule has 0 radical (unpaired) electrons. The lowest BCUT2D eigenvalue weighted by Crippen LogP contribution is -2.31. The number of nitrogens with zero attached hydrogens (tertiary/aromatic N) is 2. The number of hydrogen-bond acceptors (Lipinski definition) is 1. The van der Waals surface area contributed by atoms with Gasteiger partial charge in [0.05, 0.1) is 12.4 Å². The minimum Gasteiger partial charge on any atom is -0.232 e. The van der Waals surface area contributed by atoms with Gasteiger partial charge in [-0.05, 0) is 59.3 Å². The van der Waals surface area contributed by atoms with Crippen LogP contribution in [0.2, 0.25) is 0 Å². The Morgan fingerprint density at radius 1 is 1.09 bits per heavy atom. The van der Waals surface area contributed by atoms with Gasteiger partial charge < -0.3 is 0 Å². The van der Waals surface area contributed by atoms with E-state index in [9.17, 15) is 4.39 Å². The maximum absolute atomic E-state index is 13.4. The van der Waals surface area contributed by atoms with Crippen LogP contribution in [0.15, 0.2) is 42.7 Å². The Balaban J connectivity index is 2.30. The number of rotatable bonds is 2. The van der Waals surface area contributed by atoms with Gasteiger partial charge in [0, 0.05) is 5.56 Å². The summed E-state index contributed by atoms with van der Waals surface area (Å²) in [5, 5.41) is 1.09. The van der Waals surface area contributed by atoms with E-state index in [0.717, 1.165) is 27.7 Å². The van der Waals surface area contributed by atoms with Crippen LogP contribution >= 0.6 is 0 Å². The van der Waals surface area contributed by atoms with Crippen molar-refractivity contribution in [1.29, 1.82) is 0 Å². The van der Waals surface area contributed by atoms with E-state index in [2.05, 4.69) is 37.0 Å². The molecule has 0 aliphatic heterocycles. The number of hydrogen-bond donors (Lipinski definition) is 0. The van der Waals surface area contributed by atoms with Gasteiger partial charge in [0.2, 0.25) is 0 Å². The average Bonchev–Trinajstić information content (AvgIpc) is 2.48. The van der Waals surface area contributed by atoms with Crippen molar-refractivity contribution in [2.24, 2.45) is 7.05 Å². The van der Waals surface area contributed by atoms with E-state index in [0.29, 0.717) is 5.92 Å². The standard InChI is InChI=1S/C19H20FN2/c1-12(2)14-5-7-17-18(10-14)21-11-22(4)19(17)16-8-6-15(20)9-13(16)3/h5-12H,1-4H3/q+1. The van der Waals surface area contributed by atoms with Gasteiger partial charge in [0.1, 0.15) is 11.5 Å². The van der Waals surface area contributed by atoms with Crippen molar-refractivity contribution in [3.8, 4) is 11.3 Å². The van der Waals surface area contributed by atoms with E-state index in [1.165, 1.54) is 11.6 Å². The molecule has 0 unspecified atom stereocenters. The number of aromatic nitrogens is 2. The fourth-order valence-electron chi connectivity index (χ4n) is 2.84. The summed E-state index contributed by atoms with van der Waals surface area (Å²) < 4.78 is 15.4. The minimum absolute atomic E-state index is 0.204. The van der Waals surface area contributed by atoms with E-state index >= 15 is 0 Å². The normalized spacial score (nSPS) is 11.4. The number of halogens is 1. The van der Waals surface area contributed by atoms with Crippen LogP contribution in [-0.2, 0) is 7.05 Å². The molecule has 2 aromatic carbocycles. The number of fused-ring (bicyclic) bond motifs is 1. The molecule has 0 bridgehead atoms. The second kappa shape index (κ2) is 5.48. The first-order valence-electron chi connectivity index (χ1n) is 7.52. The van der Waals surface area contributed by atoms with Gasteiger partial charge in [-0.2, -0.15) is 0 Å². The van der Waals surface area contributed by atoms with E-state index in [-0.39, 0.29) is 5.82 Å². The fraction of sp³-hybridized carbons (Fsp3) is 0.263. The maximum atomic E-state index is 13.4. The summed E-state index contributed by atoms with van der Waals surface area (Å²) in [6, 6.07) is 11.3. The van der Waals surface area contributed by atoms with Crippen LogP contribution in [0.3, 0.4) is 0 Å². The van der Waals surface area contributed by atoms with Crippen LogP contribution in [0.5, 0.6) is 0 Å². The summed E-state index contributed by atoms with van der Waals surface area (Å²) in [5.41, 5.74) is 5.28. The molecule has 3 heteroatoms. The quantitative estimate of drug-likeness (QED) is 0.644. The van der Waals surface area contributed by atoms with Crippen molar-refractivity contribution >= 4 is 10.9 Å². The van der Waals surface area contributed by atoms with Crippen molar-refractivity contribution in [1.82, 2.24) is 4.98 Å². The molecule has 112 valence electrons. The Morgan fingerprint density at radius 3 is 2.55 bits per heavy atom. The van der Waals surface area contributed by atoms with Crippen molar-refractivity contribution in [3.05, 3.63) is 59.7 Å². The van der Waals surface area contributed by atoms with Crippen LogP contribution in [0.1, 0.15) is 30.9 Å². The third-order valence-electron chi connectivity index (χ3n) is 4.11. The largest absolute Gasteiger partial charge is 0.287 e. The highest BCUT2D eigenvalue weighted by Crippen LogP contribution is 2.29. The molecule has 1 heterocycles. The van der Waals surface area contributed by atoms with Crippen molar-refractivity contribution in [3.63, 3.8) is 0 Å². The van der Waals surface area contributed by atoms with Crippen molar-refractivity contribution in [2.75, 3.05) is 0 Å². The summed E-state index contributed by atoms with van der Waals surface area (Å²) in [7, 11) is 1.97. The topological polar surface area (TPSA) is 16.8 Å². The van der Waals surface area contributed by atoms with Gasteiger partial charge in [0.25, 0.3) is 6.33 Å². The van der Waals surface area contributed by atoms with Crippen LogP contribution in [-0.4, -0.2) is 4.98 Å². The van der Waals surface area contributed by atoms with Gasteiger partial charge in [-0.15, -0.1) is 0 Å². The molecule has 0 aliphatic carbocycles. The lowest BCUT2D eigenvalue weighted by Gasteiger charge is -2.10. The zero-order chi connectivity index (χ0) is 15.9. The maximum Gasteiger partial charge on any atom is 0.287 e. The molecule has 0 N–H and O–H groups in total. The highest BCUT2D eigenvalue weighted by atomic mass is 19.1. The Bertz CT molecular complexity index is 853. The summed E-state index contributed by atoms with van der Waals surface area (Å²) in [4.78, 5) is 4.55. The third-order valence-corrected chi connectivity index (χ3v) is 4.11. The molecule has 0 aliphatic rings.